The van der Waals surface area contributed by atoms with E-state index < -0.39 is 0 Å². The lowest BCUT2D eigenvalue weighted by atomic mass is 9.98. The zero-order valence-electron chi connectivity index (χ0n) is 9.61. The van der Waals surface area contributed by atoms with Gasteiger partial charge in [0.1, 0.15) is 0 Å². The fourth-order valence-electron chi connectivity index (χ4n) is 1.84. The van der Waals surface area contributed by atoms with Crippen LogP contribution in [0, 0.1) is 6.92 Å². The first-order chi connectivity index (χ1) is 8.20. The lowest BCUT2D eigenvalue weighted by Crippen LogP contribution is -2.29. The van der Waals surface area contributed by atoms with Gasteiger partial charge in [-0.2, -0.15) is 0 Å². The van der Waals surface area contributed by atoms with Gasteiger partial charge >= 0.3 is 0 Å². The first-order valence-electron chi connectivity index (χ1n) is 5.45. The molecule has 0 amide bonds. The van der Waals surface area contributed by atoms with Crippen molar-refractivity contribution in [2.75, 3.05) is 0 Å². The lowest BCUT2D eigenvalue weighted by Gasteiger charge is -2.16. The summed E-state index contributed by atoms with van der Waals surface area (Å²) in [6, 6.07) is 10.7. The number of hydrazine groups is 1. The van der Waals surface area contributed by atoms with Crippen LogP contribution in [0.2, 0.25) is 0 Å². The van der Waals surface area contributed by atoms with Crippen LogP contribution in [0.4, 0.5) is 0 Å². The molecule has 17 heavy (non-hydrogen) atoms. The van der Waals surface area contributed by atoms with Crippen LogP contribution in [-0.4, -0.2) is 0 Å². The van der Waals surface area contributed by atoms with Crippen molar-refractivity contribution in [2.45, 2.75) is 19.4 Å². The maximum absolute atomic E-state index is 5.65. The number of hydrogen-bond acceptors (Lipinski definition) is 3. The Morgan fingerprint density at radius 2 is 2.18 bits per heavy atom. The van der Waals surface area contributed by atoms with Crippen LogP contribution in [0.3, 0.4) is 0 Å². The van der Waals surface area contributed by atoms with Gasteiger partial charge in [0.05, 0.1) is 9.83 Å². The van der Waals surface area contributed by atoms with Gasteiger partial charge in [-0.15, -0.1) is 11.3 Å². The van der Waals surface area contributed by atoms with Crippen LogP contribution in [0.15, 0.2) is 39.5 Å². The molecule has 0 saturated carbocycles. The quantitative estimate of drug-likeness (QED) is 0.669. The Hall–Kier alpha value is -0.680. The number of benzene rings is 1. The van der Waals surface area contributed by atoms with Crippen molar-refractivity contribution < 1.29 is 0 Å². The monoisotopic (exact) mass is 310 g/mol. The van der Waals surface area contributed by atoms with Crippen molar-refractivity contribution in [2.24, 2.45) is 5.84 Å². The fourth-order valence-corrected chi connectivity index (χ4v) is 3.07. The Morgan fingerprint density at radius 3 is 2.76 bits per heavy atom. The number of halogens is 1. The Morgan fingerprint density at radius 1 is 1.41 bits per heavy atom. The minimum Gasteiger partial charge on any atom is -0.271 e. The van der Waals surface area contributed by atoms with Gasteiger partial charge in [0, 0.05) is 0 Å². The largest absolute Gasteiger partial charge is 0.271 e. The zero-order valence-corrected chi connectivity index (χ0v) is 12.0. The van der Waals surface area contributed by atoms with Crippen LogP contribution >= 0.6 is 27.3 Å². The van der Waals surface area contributed by atoms with Crippen molar-refractivity contribution >= 4 is 27.3 Å². The summed E-state index contributed by atoms with van der Waals surface area (Å²) < 4.78 is 1.14. The highest BCUT2D eigenvalue weighted by Gasteiger charge is 2.13. The Kier molecular flexibility index (Phi) is 4.34. The van der Waals surface area contributed by atoms with E-state index in [1.54, 1.807) is 11.3 Å². The minimum atomic E-state index is 0.165. The molecule has 2 aromatic rings. The van der Waals surface area contributed by atoms with E-state index in [1.165, 1.54) is 16.7 Å². The number of nitrogens with one attached hydrogen (secondary N) is 1. The molecule has 2 rings (SSSR count). The molecule has 90 valence electrons. The molecular formula is C13H15BrN2S. The van der Waals surface area contributed by atoms with Crippen LogP contribution < -0.4 is 11.3 Å². The van der Waals surface area contributed by atoms with Gasteiger partial charge < -0.3 is 0 Å². The van der Waals surface area contributed by atoms with E-state index in [-0.39, 0.29) is 6.04 Å². The maximum atomic E-state index is 5.65. The molecule has 3 N–H and O–H groups in total. The predicted octanol–water partition coefficient (Wildman–Crippen LogP) is 3.57. The number of thiophene rings is 1. The molecule has 1 unspecified atom stereocenters. The molecule has 0 spiro atoms. The standard InChI is InChI=1S/C13H15BrN2S/c1-9-4-2-3-5-10(9)6-12(16-15)11-7-13(14)17-8-11/h2-5,7-8,12,16H,6,15H2,1H3. The number of aryl methyl sites for hydroxylation is 1. The fraction of sp³-hybridized carbons (Fsp3) is 0.231. The SMILES string of the molecule is Cc1ccccc1CC(NN)c1csc(Br)c1. The highest BCUT2D eigenvalue weighted by molar-refractivity contribution is 9.11. The molecule has 0 radical (unpaired) electrons. The van der Waals surface area contributed by atoms with E-state index in [0.29, 0.717) is 0 Å². The van der Waals surface area contributed by atoms with Crippen molar-refractivity contribution in [3.8, 4) is 0 Å². The second-order valence-electron chi connectivity index (χ2n) is 4.03. The molecule has 2 nitrogen and oxygen atoms in total. The van der Waals surface area contributed by atoms with E-state index in [1.807, 2.05) is 0 Å². The van der Waals surface area contributed by atoms with Gasteiger partial charge in [-0.3, -0.25) is 11.3 Å². The van der Waals surface area contributed by atoms with E-state index >= 15 is 0 Å². The summed E-state index contributed by atoms with van der Waals surface area (Å²) in [4.78, 5) is 0. The summed E-state index contributed by atoms with van der Waals surface area (Å²) >= 11 is 5.16. The van der Waals surface area contributed by atoms with Crippen LogP contribution in [0.1, 0.15) is 22.7 Å². The molecule has 4 heteroatoms. The summed E-state index contributed by atoms with van der Waals surface area (Å²) in [5.41, 5.74) is 6.76. The lowest BCUT2D eigenvalue weighted by molar-refractivity contribution is 0.552. The topological polar surface area (TPSA) is 38.0 Å². The first kappa shape index (κ1) is 12.8. The average Bonchev–Trinajstić information content (AvgIpc) is 2.75. The second-order valence-corrected chi connectivity index (χ2v) is 6.32. The first-order valence-corrected chi connectivity index (χ1v) is 7.12. The van der Waals surface area contributed by atoms with Crippen molar-refractivity contribution in [1.29, 1.82) is 0 Å². The minimum absolute atomic E-state index is 0.165. The summed E-state index contributed by atoms with van der Waals surface area (Å²) in [6.07, 6.45) is 0.909. The van der Waals surface area contributed by atoms with E-state index in [9.17, 15) is 0 Å². The number of nitrogens with two attached hydrogens (primary N) is 1. The van der Waals surface area contributed by atoms with Gasteiger partial charge in [-0.25, -0.2) is 0 Å². The Bertz CT molecular complexity index is 496. The maximum Gasteiger partial charge on any atom is 0.0701 e. The van der Waals surface area contributed by atoms with Crippen molar-refractivity contribution in [1.82, 2.24) is 5.43 Å². The molecule has 0 aliphatic heterocycles. The molecule has 1 heterocycles. The highest BCUT2D eigenvalue weighted by Crippen LogP contribution is 2.27. The Balaban J connectivity index is 2.18. The van der Waals surface area contributed by atoms with Crippen molar-refractivity contribution in [3.05, 3.63) is 56.2 Å². The van der Waals surface area contributed by atoms with Crippen molar-refractivity contribution in [3.63, 3.8) is 0 Å². The van der Waals surface area contributed by atoms with E-state index in [0.717, 1.165) is 10.2 Å². The molecular weight excluding hydrogens is 296 g/mol. The third-order valence-corrected chi connectivity index (χ3v) is 4.40. The smallest absolute Gasteiger partial charge is 0.0701 e. The van der Waals surface area contributed by atoms with Crippen LogP contribution in [-0.2, 0) is 6.42 Å². The molecule has 0 fully saturated rings. The molecule has 1 aromatic carbocycles. The summed E-state index contributed by atoms with van der Waals surface area (Å²) in [6.45, 7) is 2.13. The predicted molar refractivity (Wildman–Crippen MR) is 77.0 cm³/mol. The average molecular weight is 311 g/mol. The van der Waals surface area contributed by atoms with Crippen LogP contribution in [0.25, 0.3) is 0 Å². The van der Waals surface area contributed by atoms with Gasteiger partial charge in [-0.05, 0) is 57.4 Å². The van der Waals surface area contributed by atoms with Gasteiger partial charge in [0.25, 0.3) is 0 Å². The molecule has 1 atom stereocenters. The van der Waals surface area contributed by atoms with E-state index in [4.69, 9.17) is 5.84 Å². The van der Waals surface area contributed by atoms with Crippen LogP contribution in [0.5, 0.6) is 0 Å². The van der Waals surface area contributed by atoms with Gasteiger partial charge in [0.15, 0.2) is 0 Å². The summed E-state index contributed by atoms with van der Waals surface area (Å²) in [7, 11) is 0. The third-order valence-electron chi connectivity index (χ3n) is 2.88. The zero-order chi connectivity index (χ0) is 12.3. The summed E-state index contributed by atoms with van der Waals surface area (Å²) in [5, 5.41) is 2.13. The van der Waals surface area contributed by atoms with E-state index in [2.05, 4.69) is 64.0 Å². The molecule has 0 aliphatic rings. The number of rotatable bonds is 4. The molecule has 0 aliphatic carbocycles. The Labute approximate surface area is 114 Å². The van der Waals surface area contributed by atoms with Gasteiger partial charge in [-0.1, -0.05) is 24.3 Å². The normalized spacial score (nSPS) is 12.6. The highest BCUT2D eigenvalue weighted by atomic mass is 79.9. The molecule has 0 bridgehead atoms. The van der Waals surface area contributed by atoms with Gasteiger partial charge in [0.2, 0.25) is 0 Å². The third kappa shape index (κ3) is 3.16. The summed E-state index contributed by atoms with van der Waals surface area (Å²) in [5.74, 6) is 5.65. The molecule has 1 aromatic heterocycles. The second kappa shape index (κ2) is 5.78. The number of hydrogen-bond donors (Lipinski definition) is 2. The molecule has 0 saturated heterocycles.